The number of carboxylic acids is 1. The maximum Gasteiger partial charge on any atom is 0.323 e. The Kier molecular flexibility index (Phi) is 4.81. The van der Waals surface area contributed by atoms with E-state index in [4.69, 9.17) is 5.11 Å². The summed E-state index contributed by atoms with van der Waals surface area (Å²) in [4.78, 5) is 26.5. The lowest BCUT2D eigenvalue weighted by Crippen LogP contribution is -2.49. The first-order valence-electron chi connectivity index (χ1n) is 7.15. The van der Waals surface area contributed by atoms with E-state index >= 15 is 0 Å². The number of likely N-dealkylation sites (N-methyl/N-ethyl adjacent to an activating group) is 1. The van der Waals surface area contributed by atoms with Crippen LogP contribution >= 0.6 is 11.3 Å². The van der Waals surface area contributed by atoms with E-state index in [2.05, 4.69) is 0 Å². The molecule has 0 aromatic carbocycles. The summed E-state index contributed by atoms with van der Waals surface area (Å²) in [5.74, 6) is -0.957. The number of carboxylic acid groups (broad SMARTS) is 1. The van der Waals surface area contributed by atoms with Crippen molar-refractivity contribution in [1.29, 1.82) is 0 Å². The van der Waals surface area contributed by atoms with Gasteiger partial charge in [-0.3, -0.25) is 9.59 Å². The normalized spacial score (nSPS) is 17.6. The summed E-state index contributed by atoms with van der Waals surface area (Å²) >= 11 is 1.61. The Balaban J connectivity index is 2.31. The average molecular weight is 295 g/mol. The maximum absolute atomic E-state index is 13.0. The third-order valence-corrected chi connectivity index (χ3v) is 5.18. The Bertz CT molecular complexity index is 463. The minimum absolute atomic E-state index is 0.00968. The molecular formula is C15H21NO3S. The molecule has 1 saturated carbocycles. The topological polar surface area (TPSA) is 57.6 Å². The molecule has 110 valence electrons. The molecule has 0 unspecified atom stereocenters. The molecule has 1 fully saturated rings. The van der Waals surface area contributed by atoms with Crippen molar-refractivity contribution in [1.82, 2.24) is 4.90 Å². The SMILES string of the molecule is CCN(CC(=O)O)C(=O)C1(c2cccs2)CCCCC1. The van der Waals surface area contributed by atoms with Gasteiger partial charge in [-0.15, -0.1) is 11.3 Å². The lowest BCUT2D eigenvalue weighted by atomic mass is 9.72. The fraction of sp³-hybridized carbons (Fsp3) is 0.600. The summed E-state index contributed by atoms with van der Waals surface area (Å²) in [5, 5.41) is 11.0. The highest BCUT2D eigenvalue weighted by Gasteiger charge is 2.44. The lowest BCUT2D eigenvalue weighted by Gasteiger charge is -2.38. The summed E-state index contributed by atoms with van der Waals surface area (Å²) in [6, 6.07) is 3.99. The quantitative estimate of drug-likeness (QED) is 0.908. The molecule has 20 heavy (non-hydrogen) atoms. The van der Waals surface area contributed by atoms with Crippen molar-refractivity contribution in [2.75, 3.05) is 13.1 Å². The van der Waals surface area contributed by atoms with Gasteiger partial charge in [0.2, 0.25) is 5.91 Å². The van der Waals surface area contributed by atoms with Crippen LogP contribution < -0.4 is 0 Å². The lowest BCUT2D eigenvalue weighted by molar-refractivity contribution is -0.147. The van der Waals surface area contributed by atoms with Crippen LogP contribution in [0.2, 0.25) is 0 Å². The fourth-order valence-corrected chi connectivity index (χ4v) is 4.04. The molecule has 0 atom stereocenters. The van der Waals surface area contributed by atoms with Gasteiger partial charge in [0.25, 0.3) is 0 Å². The van der Waals surface area contributed by atoms with E-state index in [9.17, 15) is 9.59 Å². The number of hydrogen-bond donors (Lipinski definition) is 1. The Morgan fingerprint density at radius 3 is 2.55 bits per heavy atom. The highest BCUT2D eigenvalue weighted by atomic mass is 32.1. The smallest absolute Gasteiger partial charge is 0.323 e. The van der Waals surface area contributed by atoms with Crippen molar-refractivity contribution in [3.05, 3.63) is 22.4 Å². The minimum atomic E-state index is -0.947. The van der Waals surface area contributed by atoms with Gasteiger partial charge in [-0.05, 0) is 31.2 Å². The van der Waals surface area contributed by atoms with E-state index in [0.717, 1.165) is 37.0 Å². The molecule has 0 aliphatic heterocycles. The Hall–Kier alpha value is -1.36. The second-order valence-corrected chi connectivity index (χ2v) is 6.28. The Morgan fingerprint density at radius 1 is 1.35 bits per heavy atom. The van der Waals surface area contributed by atoms with Crippen LogP contribution in [-0.2, 0) is 15.0 Å². The third-order valence-electron chi connectivity index (χ3n) is 4.10. The van der Waals surface area contributed by atoms with Gasteiger partial charge in [-0.25, -0.2) is 0 Å². The fourth-order valence-electron chi connectivity index (χ4n) is 3.07. The van der Waals surface area contributed by atoms with Gasteiger partial charge in [0, 0.05) is 11.4 Å². The number of carbonyl (C=O) groups is 2. The van der Waals surface area contributed by atoms with E-state index < -0.39 is 11.4 Å². The summed E-state index contributed by atoms with van der Waals surface area (Å²) in [6.45, 7) is 2.08. The zero-order valence-electron chi connectivity index (χ0n) is 11.8. The predicted octanol–water partition coefficient (Wildman–Crippen LogP) is 2.88. The van der Waals surface area contributed by atoms with Crippen molar-refractivity contribution in [3.63, 3.8) is 0 Å². The zero-order chi connectivity index (χ0) is 14.6. The van der Waals surface area contributed by atoms with Crippen LogP contribution in [0.4, 0.5) is 0 Å². The number of nitrogens with zero attached hydrogens (tertiary/aromatic N) is 1. The molecule has 0 saturated heterocycles. The number of hydrogen-bond acceptors (Lipinski definition) is 3. The number of carbonyl (C=O) groups excluding carboxylic acids is 1. The van der Waals surface area contributed by atoms with Gasteiger partial charge in [0.1, 0.15) is 6.54 Å². The Labute approximate surface area is 123 Å². The van der Waals surface area contributed by atoms with Gasteiger partial charge in [0.15, 0.2) is 0 Å². The molecule has 1 amide bonds. The van der Waals surface area contributed by atoms with Crippen molar-refractivity contribution in [2.24, 2.45) is 0 Å². The van der Waals surface area contributed by atoms with Crippen molar-refractivity contribution >= 4 is 23.2 Å². The van der Waals surface area contributed by atoms with Gasteiger partial charge in [0.05, 0.1) is 5.41 Å². The molecule has 5 heteroatoms. The molecule has 1 heterocycles. The molecule has 1 aliphatic rings. The second-order valence-electron chi connectivity index (χ2n) is 5.33. The Morgan fingerprint density at radius 2 is 2.05 bits per heavy atom. The summed E-state index contributed by atoms with van der Waals surface area (Å²) in [7, 11) is 0. The minimum Gasteiger partial charge on any atom is -0.480 e. The largest absolute Gasteiger partial charge is 0.480 e. The van der Waals surface area contributed by atoms with Crippen molar-refractivity contribution < 1.29 is 14.7 Å². The van der Waals surface area contributed by atoms with E-state index in [-0.39, 0.29) is 12.5 Å². The van der Waals surface area contributed by atoms with E-state index in [1.165, 1.54) is 4.90 Å². The first-order chi connectivity index (χ1) is 9.60. The molecule has 2 rings (SSSR count). The number of thiophene rings is 1. The van der Waals surface area contributed by atoms with Crippen molar-refractivity contribution in [2.45, 2.75) is 44.4 Å². The van der Waals surface area contributed by atoms with Gasteiger partial charge < -0.3 is 10.0 Å². The van der Waals surface area contributed by atoms with Crippen LogP contribution in [0, 0.1) is 0 Å². The van der Waals surface area contributed by atoms with Gasteiger partial charge in [-0.2, -0.15) is 0 Å². The monoisotopic (exact) mass is 295 g/mol. The van der Waals surface area contributed by atoms with Crippen LogP contribution in [0.1, 0.15) is 43.9 Å². The van der Waals surface area contributed by atoms with Crippen LogP contribution in [0.25, 0.3) is 0 Å². The molecule has 0 radical (unpaired) electrons. The summed E-state index contributed by atoms with van der Waals surface area (Å²) in [5.41, 5.74) is -0.488. The molecule has 1 N–H and O–H groups in total. The number of amides is 1. The first-order valence-corrected chi connectivity index (χ1v) is 8.03. The van der Waals surface area contributed by atoms with Gasteiger partial charge >= 0.3 is 5.97 Å². The molecule has 1 aromatic heterocycles. The zero-order valence-corrected chi connectivity index (χ0v) is 12.6. The van der Waals surface area contributed by atoms with E-state index in [1.54, 1.807) is 11.3 Å². The molecule has 1 aliphatic carbocycles. The second kappa shape index (κ2) is 6.39. The molecule has 0 bridgehead atoms. The highest BCUT2D eigenvalue weighted by molar-refractivity contribution is 7.10. The number of aliphatic carboxylic acids is 1. The summed E-state index contributed by atoms with van der Waals surface area (Å²) in [6.07, 6.45) is 4.90. The standard InChI is InChI=1S/C15H21NO3S/c1-2-16(11-13(17)18)14(19)15(8-4-3-5-9-15)12-7-6-10-20-12/h6-7,10H,2-5,8-9,11H2,1H3,(H,17,18). The van der Waals surface area contributed by atoms with Crippen LogP contribution in [0.3, 0.4) is 0 Å². The number of rotatable bonds is 5. The van der Waals surface area contributed by atoms with Crippen LogP contribution in [-0.4, -0.2) is 35.0 Å². The van der Waals surface area contributed by atoms with Crippen LogP contribution in [0.5, 0.6) is 0 Å². The first kappa shape index (κ1) is 15.0. The predicted molar refractivity (Wildman–Crippen MR) is 79.0 cm³/mol. The average Bonchev–Trinajstić information content (AvgIpc) is 2.99. The molecule has 1 aromatic rings. The van der Waals surface area contributed by atoms with Crippen LogP contribution in [0.15, 0.2) is 17.5 Å². The maximum atomic E-state index is 13.0. The summed E-state index contributed by atoms with van der Waals surface area (Å²) < 4.78 is 0. The van der Waals surface area contributed by atoms with E-state index in [1.807, 2.05) is 24.4 Å². The molecular weight excluding hydrogens is 274 g/mol. The van der Waals surface area contributed by atoms with E-state index in [0.29, 0.717) is 6.54 Å². The molecule has 4 nitrogen and oxygen atoms in total. The van der Waals surface area contributed by atoms with Crippen molar-refractivity contribution in [3.8, 4) is 0 Å². The highest BCUT2D eigenvalue weighted by Crippen LogP contribution is 2.42. The molecule has 0 spiro atoms. The third kappa shape index (κ3) is 2.87. The van der Waals surface area contributed by atoms with Gasteiger partial charge in [-0.1, -0.05) is 25.3 Å².